The molecule has 0 saturated carbocycles. The van der Waals surface area contributed by atoms with Gasteiger partial charge >= 0.3 is 18.1 Å². The Bertz CT molecular complexity index is 261. The largest absolute Gasteiger partial charge is 0.433 e. The second kappa shape index (κ2) is 2.61. The fraction of sp³-hybridized carbons (Fsp3) is 0. The fourth-order valence-electron chi connectivity index (χ4n) is 0.817. The average molecular weight is 160 g/mol. The molecule has 0 aliphatic carbocycles. The Morgan fingerprint density at radius 2 is 1.17 bits per heavy atom. The summed E-state index contributed by atoms with van der Waals surface area (Å²) in [4.78, 5) is 26.2. The highest BCUT2D eigenvalue weighted by molar-refractivity contribution is 6.24. The van der Waals surface area contributed by atoms with Crippen LogP contribution in [0.25, 0.3) is 0 Å². The van der Waals surface area contributed by atoms with Crippen molar-refractivity contribution in [2.75, 3.05) is 0 Å². The number of hydrogen-bond acceptors (Lipinski definition) is 5. The molecule has 0 aromatic heterocycles. The van der Waals surface area contributed by atoms with Gasteiger partial charge in [0.1, 0.15) is 0 Å². The van der Waals surface area contributed by atoms with E-state index >= 15 is 0 Å². The smallest absolute Gasteiger partial charge is 0.231 e. The topological polar surface area (TPSA) is 66.5 Å². The molecule has 5 nitrogen and oxygen atoms in total. The Kier molecular flexibility index (Phi) is 1.48. The Labute approximate surface area is 68.7 Å². The minimum absolute atomic E-state index is 0.140. The van der Waals surface area contributed by atoms with E-state index in [1.165, 1.54) is 24.9 Å². The average Bonchev–Trinajstić information content (AvgIpc) is 2.77. The van der Waals surface area contributed by atoms with E-state index < -0.39 is 0 Å². The van der Waals surface area contributed by atoms with E-state index in [-0.39, 0.29) is 18.1 Å². The summed E-state index contributed by atoms with van der Waals surface area (Å²) in [5, 5.41) is 0. The van der Waals surface area contributed by atoms with Crippen molar-refractivity contribution >= 4 is 30.6 Å². The van der Waals surface area contributed by atoms with E-state index in [1.54, 1.807) is 0 Å². The summed E-state index contributed by atoms with van der Waals surface area (Å²) in [7, 11) is 0. The van der Waals surface area contributed by atoms with Gasteiger partial charge in [-0.1, -0.05) is 0 Å². The summed E-state index contributed by atoms with van der Waals surface area (Å²) in [5.74, 6) is -0.343. The van der Waals surface area contributed by atoms with Crippen molar-refractivity contribution in [1.29, 1.82) is 0 Å². The summed E-state index contributed by atoms with van der Waals surface area (Å²) < 4.78 is 0. The molecule has 0 aromatic rings. The summed E-state index contributed by atoms with van der Waals surface area (Å²) >= 11 is 0. The van der Waals surface area contributed by atoms with Crippen LogP contribution < -0.4 is 0 Å². The Morgan fingerprint density at radius 3 is 1.50 bits per heavy atom. The van der Waals surface area contributed by atoms with E-state index in [1.807, 2.05) is 0 Å². The van der Waals surface area contributed by atoms with Crippen LogP contribution in [0.15, 0.2) is 20.0 Å². The van der Waals surface area contributed by atoms with Gasteiger partial charge in [-0.05, 0) is 9.98 Å². The second-order valence-corrected chi connectivity index (χ2v) is 2.09. The van der Waals surface area contributed by atoms with E-state index in [0.29, 0.717) is 0 Å². The van der Waals surface area contributed by atoms with Gasteiger partial charge in [0.15, 0.2) is 0 Å². The van der Waals surface area contributed by atoms with Gasteiger partial charge in [-0.15, -0.1) is 9.98 Å². The van der Waals surface area contributed by atoms with Gasteiger partial charge in [0.05, 0.1) is 12.4 Å². The highest BCUT2D eigenvalue weighted by Crippen LogP contribution is 2.19. The van der Waals surface area contributed by atoms with Crippen molar-refractivity contribution in [3.63, 3.8) is 0 Å². The van der Waals surface area contributed by atoms with Crippen LogP contribution in [0.5, 0.6) is 0 Å². The lowest BCUT2D eigenvalue weighted by atomic mass is 10.3. The molecule has 2 aliphatic heterocycles. The molecule has 0 fully saturated rings. The molecule has 2 aliphatic rings. The number of hydrogen-bond donors (Lipinski definition) is 0. The predicted octanol–water partition coefficient (Wildman–Crippen LogP) is -0.155. The maximum absolute atomic E-state index is 11.3. The predicted molar refractivity (Wildman–Crippen MR) is 45.5 cm³/mol. The monoisotopic (exact) mass is 160 g/mol. The van der Waals surface area contributed by atoms with Crippen molar-refractivity contribution in [2.45, 2.75) is 0 Å². The number of nitrogens with zero attached hydrogens (tertiary/aromatic N) is 4. The second-order valence-electron chi connectivity index (χ2n) is 2.09. The molecular formula is C7H4N4O+2. The van der Waals surface area contributed by atoms with E-state index in [2.05, 4.69) is 20.0 Å². The summed E-state index contributed by atoms with van der Waals surface area (Å²) in [6.07, 6.45) is 6.10. The standard InChI is InChI=1S/C7H4N4O/c12-5(6-8-1-2-9-6)7-10-3-4-11-7/h1-4H/q+2. The molecule has 2 rings (SSSR count). The highest BCUT2D eigenvalue weighted by atomic mass is 16.1. The van der Waals surface area contributed by atoms with Crippen LogP contribution in [-0.4, -0.2) is 30.6 Å². The number of carbonyl (C=O) groups is 1. The molecule has 0 saturated heterocycles. The van der Waals surface area contributed by atoms with Crippen molar-refractivity contribution in [3.05, 3.63) is 12.3 Å². The van der Waals surface area contributed by atoms with Crippen LogP contribution in [-0.2, 0) is 4.79 Å². The Morgan fingerprint density at radius 1 is 0.833 bits per heavy atom. The van der Waals surface area contributed by atoms with Gasteiger partial charge in [0, 0.05) is 0 Å². The van der Waals surface area contributed by atoms with Gasteiger partial charge in [-0.25, -0.2) is 4.79 Å². The van der Waals surface area contributed by atoms with Gasteiger partial charge in [-0.2, -0.15) is 0 Å². The molecule has 12 heavy (non-hydrogen) atoms. The first kappa shape index (κ1) is 6.78. The number of Topliss-reactive ketones (excluding diaryl/α,β-unsaturated/α-hetero) is 1. The minimum atomic E-state index is -0.343. The molecule has 0 spiro atoms. The third-order valence-corrected chi connectivity index (χ3v) is 1.33. The third kappa shape index (κ3) is 1.01. The fourth-order valence-corrected chi connectivity index (χ4v) is 0.817. The zero-order valence-corrected chi connectivity index (χ0v) is 6.01. The first-order valence-electron chi connectivity index (χ1n) is 3.30. The first-order valence-corrected chi connectivity index (χ1v) is 3.30. The molecule has 0 N–H and O–H groups in total. The SMILES string of the molecule is O=C([C+]1N=CC=N1)[C+]1N=CC=N1. The lowest BCUT2D eigenvalue weighted by Gasteiger charge is -1.87. The lowest BCUT2D eigenvalue weighted by Crippen LogP contribution is -2.12. The molecule has 0 aromatic carbocycles. The van der Waals surface area contributed by atoms with E-state index in [4.69, 9.17) is 0 Å². The molecule has 0 bridgehead atoms. The van der Waals surface area contributed by atoms with E-state index in [9.17, 15) is 4.79 Å². The number of carbonyl (C=O) groups excluding carboxylic acids is 1. The van der Waals surface area contributed by atoms with Crippen LogP contribution in [0.3, 0.4) is 0 Å². The molecule has 0 amide bonds. The normalized spacial score (nSPS) is 18.3. The number of ketones is 1. The highest BCUT2D eigenvalue weighted by Gasteiger charge is 2.44. The molecule has 5 heteroatoms. The zero-order chi connectivity index (χ0) is 8.39. The molecular weight excluding hydrogens is 156 g/mol. The van der Waals surface area contributed by atoms with Crippen LogP contribution in [0.2, 0.25) is 0 Å². The van der Waals surface area contributed by atoms with Crippen LogP contribution >= 0.6 is 0 Å². The maximum atomic E-state index is 11.3. The summed E-state index contributed by atoms with van der Waals surface area (Å²) in [6, 6.07) is 0. The summed E-state index contributed by atoms with van der Waals surface area (Å²) in [6.45, 7) is 0. The molecule has 0 unspecified atom stereocenters. The quantitative estimate of drug-likeness (QED) is 0.518. The van der Waals surface area contributed by atoms with E-state index in [0.717, 1.165) is 0 Å². The number of aliphatic imine (C=N–C) groups is 4. The minimum Gasteiger partial charge on any atom is -0.231 e. The Balaban J connectivity index is 2.09. The van der Waals surface area contributed by atoms with Crippen LogP contribution in [0, 0.1) is 12.3 Å². The van der Waals surface area contributed by atoms with Crippen LogP contribution in [0.4, 0.5) is 0 Å². The maximum Gasteiger partial charge on any atom is 0.433 e. The number of rotatable bonds is 2. The van der Waals surface area contributed by atoms with Crippen molar-refractivity contribution in [1.82, 2.24) is 0 Å². The van der Waals surface area contributed by atoms with Gasteiger partial charge in [0.2, 0.25) is 0 Å². The molecule has 56 valence electrons. The Hall–Kier alpha value is -1.91. The lowest BCUT2D eigenvalue weighted by molar-refractivity contribution is -0.115. The van der Waals surface area contributed by atoms with Crippen LogP contribution in [0.1, 0.15) is 0 Å². The van der Waals surface area contributed by atoms with Gasteiger partial charge in [-0.3, -0.25) is 0 Å². The first-order chi connectivity index (χ1) is 5.88. The zero-order valence-electron chi connectivity index (χ0n) is 6.01. The van der Waals surface area contributed by atoms with Crippen molar-refractivity contribution in [2.24, 2.45) is 20.0 Å². The van der Waals surface area contributed by atoms with Gasteiger partial charge in [0.25, 0.3) is 12.4 Å². The van der Waals surface area contributed by atoms with Crippen molar-refractivity contribution in [3.8, 4) is 0 Å². The summed E-state index contributed by atoms with van der Waals surface area (Å²) in [5.41, 5.74) is 0. The molecule has 0 radical (unpaired) electrons. The van der Waals surface area contributed by atoms with Gasteiger partial charge < -0.3 is 0 Å². The van der Waals surface area contributed by atoms with Crippen molar-refractivity contribution < 1.29 is 4.79 Å². The third-order valence-electron chi connectivity index (χ3n) is 1.33. The molecule has 0 atom stereocenters. The molecule has 2 heterocycles.